The first-order valence-corrected chi connectivity index (χ1v) is 9.17. The van der Waals surface area contributed by atoms with Crippen molar-refractivity contribution in [1.82, 2.24) is 24.7 Å². The summed E-state index contributed by atoms with van der Waals surface area (Å²) >= 11 is 0. The van der Waals surface area contributed by atoms with Gasteiger partial charge >= 0.3 is 0 Å². The fourth-order valence-electron chi connectivity index (χ4n) is 4.22. The second-order valence-electron chi connectivity index (χ2n) is 7.31. The zero-order valence-corrected chi connectivity index (χ0v) is 15.3. The maximum atomic E-state index is 13.9. The van der Waals surface area contributed by atoms with Gasteiger partial charge in [0.15, 0.2) is 17.2 Å². The minimum absolute atomic E-state index is 0.133. The minimum Gasteiger partial charge on any atom is -0.494 e. The third-order valence-electron chi connectivity index (χ3n) is 5.64. The van der Waals surface area contributed by atoms with Crippen LogP contribution >= 0.6 is 0 Å². The number of halogens is 1. The molecule has 28 heavy (non-hydrogen) atoms. The highest BCUT2D eigenvalue weighted by Crippen LogP contribution is 2.34. The van der Waals surface area contributed by atoms with E-state index in [-0.39, 0.29) is 11.7 Å². The molecule has 0 aliphatic carbocycles. The van der Waals surface area contributed by atoms with Crippen LogP contribution in [0.3, 0.4) is 0 Å². The summed E-state index contributed by atoms with van der Waals surface area (Å²) in [5.74, 6) is 1.14. The van der Waals surface area contributed by atoms with Crippen molar-refractivity contribution in [2.75, 3.05) is 38.2 Å². The molecular formula is C19H19FN6O2. The van der Waals surface area contributed by atoms with Crippen LogP contribution in [0.15, 0.2) is 36.7 Å². The summed E-state index contributed by atoms with van der Waals surface area (Å²) in [6.45, 7) is 3.02. The number of carbonyl (C=O) groups excluding carboxylic acids is 1. The molecule has 0 saturated carbocycles. The Morgan fingerprint density at radius 1 is 1.14 bits per heavy atom. The van der Waals surface area contributed by atoms with Crippen molar-refractivity contribution in [2.45, 2.75) is 0 Å². The largest absolute Gasteiger partial charge is 0.494 e. The second-order valence-corrected chi connectivity index (χ2v) is 7.31. The van der Waals surface area contributed by atoms with Gasteiger partial charge in [0.25, 0.3) is 5.91 Å². The van der Waals surface area contributed by atoms with Gasteiger partial charge in [-0.3, -0.25) is 4.79 Å². The molecular weight excluding hydrogens is 363 g/mol. The van der Waals surface area contributed by atoms with Gasteiger partial charge < -0.3 is 14.5 Å². The van der Waals surface area contributed by atoms with Gasteiger partial charge in [0, 0.05) is 43.6 Å². The third-order valence-corrected chi connectivity index (χ3v) is 5.64. The van der Waals surface area contributed by atoms with Crippen molar-refractivity contribution in [3.63, 3.8) is 0 Å². The van der Waals surface area contributed by atoms with Crippen molar-refractivity contribution in [1.29, 1.82) is 0 Å². The van der Waals surface area contributed by atoms with Crippen LogP contribution in [0.1, 0.15) is 10.4 Å². The van der Waals surface area contributed by atoms with E-state index in [1.807, 2.05) is 17.0 Å². The number of fused-ring (bicyclic) bond motifs is 2. The van der Waals surface area contributed by atoms with E-state index in [9.17, 15) is 9.18 Å². The molecule has 0 radical (unpaired) electrons. The molecule has 1 aromatic carbocycles. The highest BCUT2D eigenvalue weighted by molar-refractivity contribution is 5.94. The molecule has 2 unspecified atom stereocenters. The lowest BCUT2D eigenvalue weighted by Crippen LogP contribution is -2.33. The zero-order chi connectivity index (χ0) is 19.3. The highest BCUT2D eigenvalue weighted by Gasteiger charge is 2.42. The molecule has 2 aromatic heterocycles. The molecule has 144 valence electrons. The molecule has 8 nitrogen and oxygen atoms in total. The highest BCUT2D eigenvalue weighted by atomic mass is 19.1. The van der Waals surface area contributed by atoms with Crippen molar-refractivity contribution < 1.29 is 13.9 Å². The summed E-state index contributed by atoms with van der Waals surface area (Å²) in [4.78, 5) is 16.8. The van der Waals surface area contributed by atoms with Crippen LogP contribution in [-0.2, 0) is 0 Å². The molecule has 2 aliphatic rings. The number of rotatable bonds is 3. The molecule has 5 rings (SSSR count). The van der Waals surface area contributed by atoms with Crippen LogP contribution in [0.5, 0.6) is 5.75 Å². The Kier molecular flexibility index (Phi) is 3.88. The van der Waals surface area contributed by atoms with Gasteiger partial charge in [-0.05, 0) is 30.3 Å². The van der Waals surface area contributed by atoms with E-state index in [1.165, 1.54) is 19.2 Å². The van der Waals surface area contributed by atoms with Gasteiger partial charge in [-0.1, -0.05) is 0 Å². The Morgan fingerprint density at radius 3 is 2.64 bits per heavy atom. The summed E-state index contributed by atoms with van der Waals surface area (Å²) in [5.41, 5.74) is 1.07. The molecule has 2 saturated heterocycles. The molecule has 0 spiro atoms. The van der Waals surface area contributed by atoms with E-state index in [1.54, 1.807) is 16.9 Å². The first-order valence-electron chi connectivity index (χ1n) is 9.17. The lowest BCUT2D eigenvalue weighted by molar-refractivity contribution is 0.0782. The van der Waals surface area contributed by atoms with Crippen molar-refractivity contribution >= 4 is 17.4 Å². The standard InChI is InChI=1S/C19H19FN6O2/c1-28-16-3-2-12(6-15(16)20)19(27)25-9-13-7-24(8-14(13)10-25)18-5-4-17-22-21-11-26(17)23-18/h2-6,11,13-14H,7-10H2,1H3. The van der Waals surface area contributed by atoms with E-state index in [4.69, 9.17) is 4.74 Å². The maximum absolute atomic E-state index is 13.9. The molecule has 1 amide bonds. The summed E-state index contributed by atoms with van der Waals surface area (Å²) in [5, 5.41) is 12.4. The number of anilines is 1. The predicted molar refractivity (Wildman–Crippen MR) is 98.8 cm³/mol. The van der Waals surface area contributed by atoms with Crippen molar-refractivity contribution in [3.8, 4) is 5.75 Å². The summed E-state index contributed by atoms with van der Waals surface area (Å²) in [7, 11) is 1.41. The number of aromatic nitrogens is 4. The predicted octanol–water partition coefficient (Wildman–Crippen LogP) is 1.48. The van der Waals surface area contributed by atoms with Gasteiger partial charge in [-0.15, -0.1) is 15.3 Å². The normalized spacial score (nSPS) is 21.4. The van der Waals surface area contributed by atoms with E-state index in [2.05, 4.69) is 20.2 Å². The summed E-state index contributed by atoms with van der Waals surface area (Å²) in [6, 6.07) is 8.21. The van der Waals surface area contributed by atoms with Crippen molar-refractivity contribution in [3.05, 3.63) is 48.0 Å². The van der Waals surface area contributed by atoms with Crippen LogP contribution in [0.4, 0.5) is 10.2 Å². The maximum Gasteiger partial charge on any atom is 0.253 e. The minimum atomic E-state index is -0.519. The average Bonchev–Trinajstić information content (AvgIpc) is 3.40. The zero-order valence-electron chi connectivity index (χ0n) is 15.3. The quantitative estimate of drug-likeness (QED) is 0.683. The van der Waals surface area contributed by atoms with E-state index in [0.29, 0.717) is 36.1 Å². The number of amides is 1. The second kappa shape index (κ2) is 6.43. The monoisotopic (exact) mass is 382 g/mol. The van der Waals surface area contributed by atoms with E-state index >= 15 is 0 Å². The Morgan fingerprint density at radius 2 is 1.93 bits per heavy atom. The smallest absolute Gasteiger partial charge is 0.253 e. The van der Waals surface area contributed by atoms with Gasteiger partial charge in [-0.2, -0.15) is 4.52 Å². The summed E-state index contributed by atoms with van der Waals surface area (Å²) in [6.07, 6.45) is 1.59. The first kappa shape index (κ1) is 16.9. The Hall–Kier alpha value is -3.23. The van der Waals surface area contributed by atoms with Gasteiger partial charge in [0.1, 0.15) is 12.1 Å². The SMILES string of the molecule is COc1ccc(C(=O)N2CC3CN(c4ccc5nncn5n4)CC3C2)cc1F. The van der Waals surface area contributed by atoms with Crippen LogP contribution in [-0.4, -0.2) is 63.9 Å². The number of carbonyl (C=O) groups is 1. The van der Waals surface area contributed by atoms with Crippen LogP contribution < -0.4 is 9.64 Å². The lowest BCUT2D eigenvalue weighted by Gasteiger charge is -2.22. The molecule has 0 N–H and O–H groups in total. The summed E-state index contributed by atoms with van der Waals surface area (Å²) < 4.78 is 20.5. The number of methoxy groups -OCH3 is 1. The first-order chi connectivity index (χ1) is 13.6. The molecule has 2 atom stereocenters. The number of benzene rings is 1. The van der Waals surface area contributed by atoms with Crippen molar-refractivity contribution in [2.24, 2.45) is 11.8 Å². The lowest BCUT2D eigenvalue weighted by atomic mass is 10.0. The fraction of sp³-hybridized carbons (Fsp3) is 0.368. The van der Waals surface area contributed by atoms with Crippen LogP contribution in [0.2, 0.25) is 0 Å². The van der Waals surface area contributed by atoms with E-state index < -0.39 is 5.82 Å². The van der Waals surface area contributed by atoms with Crippen LogP contribution in [0, 0.1) is 17.7 Å². The van der Waals surface area contributed by atoms with Gasteiger partial charge in [-0.25, -0.2) is 4.39 Å². The fourth-order valence-corrected chi connectivity index (χ4v) is 4.22. The van der Waals surface area contributed by atoms with Crippen LogP contribution in [0.25, 0.3) is 5.65 Å². The van der Waals surface area contributed by atoms with E-state index in [0.717, 1.165) is 18.9 Å². The molecule has 3 aromatic rings. The molecule has 4 heterocycles. The number of nitrogens with zero attached hydrogens (tertiary/aromatic N) is 6. The van der Waals surface area contributed by atoms with Gasteiger partial charge in [0.2, 0.25) is 0 Å². The number of hydrogen-bond acceptors (Lipinski definition) is 6. The van der Waals surface area contributed by atoms with Gasteiger partial charge in [0.05, 0.1) is 7.11 Å². The molecule has 0 bridgehead atoms. The Labute approximate surface area is 160 Å². The molecule has 2 aliphatic heterocycles. The number of ether oxygens (including phenoxy) is 1. The number of hydrogen-bond donors (Lipinski definition) is 0. The Balaban J connectivity index is 1.27. The average molecular weight is 382 g/mol. The number of likely N-dealkylation sites (tertiary alicyclic amines) is 1. The topological polar surface area (TPSA) is 75.9 Å². The third kappa shape index (κ3) is 2.74. The molecule has 9 heteroatoms. The molecule has 2 fully saturated rings. The Bertz CT molecular complexity index is 1040.